The highest BCUT2D eigenvalue weighted by atomic mass is 16.6. The zero-order chi connectivity index (χ0) is 23.2. The van der Waals surface area contributed by atoms with Crippen LogP contribution in [0.1, 0.15) is 49.9 Å². The van der Waals surface area contributed by atoms with Crippen LogP contribution in [0.3, 0.4) is 0 Å². The molecule has 1 atom stereocenters. The molecule has 1 amide bonds. The maximum Gasteiger partial charge on any atom is 0.225 e. The van der Waals surface area contributed by atoms with E-state index in [1.165, 1.54) is 5.56 Å². The van der Waals surface area contributed by atoms with Gasteiger partial charge in [0.25, 0.3) is 0 Å². The van der Waals surface area contributed by atoms with Crippen molar-refractivity contribution in [3.63, 3.8) is 0 Å². The maximum absolute atomic E-state index is 13.2. The van der Waals surface area contributed by atoms with Crippen molar-refractivity contribution in [2.45, 2.75) is 38.6 Å². The monoisotopic (exact) mass is 449 g/mol. The second-order valence-electron chi connectivity index (χ2n) is 9.13. The van der Waals surface area contributed by atoms with E-state index in [1.54, 1.807) is 13.3 Å². The van der Waals surface area contributed by atoms with E-state index >= 15 is 0 Å². The van der Waals surface area contributed by atoms with E-state index in [0.29, 0.717) is 11.9 Å². The van der Waals surface area contributed by atoms with Gasteiger partial charge in [0.1, 0.15) is 12.8 Å². The molecule has 0 bridgehead atoms. The van der Waals surface area contributed by atoms with E-state index in [4.69, 9.17) is 10.6 Å². The minimum Gasteiger partial charge on any atom is -0.399 e. The van der Waals surface area contributed by atoms with Gasteiger partial charge in [-0.1, -0.05) is 23.4 Å². The molecule has 0 radical (unpaired) electrons. The lowest BCUT2D eigenvalue weighted by molar-refractivity contribution is -0.138. The van der Waals surface area contributed by atoms with E-state index in [2.05, 4.69) is 39.0 Å². The third-order valence-electron chi connectivity index (χ3n) is 7.13. The lowest BCUT2D eigenvalue weighted by Crippen LogP contribution is -2.46. The van der Waals surface area contributed by atoms with Gasteiger partial charge in [0.2, 0.25) is 5.91 Å². The minimum absolute atomic E-state index is 0.119. The number of carbonyl (C=O) groups is 1. The van der Waals surface area contributed by atoms with Crippen molar-refractivity contribution in [1.29, 1.82) is 0 Å². The fraction of sp³-hybridized carbons (Fsp3) is 0.500. The Kier molecular flexibility index (Phi) is 7.60. The number of hydrogen-bond acceptors (Lipinski definition) is 6. The van der Waals surface area contributed by atoms with Crippen LogP contribution in [0.5, 0.6) is 0 Å². The fourth-order valence-corrected chi connectivity index (χ4v) is 5.14. The molecule has 3 heterocycles. The Bertz CT molecular complexity index is 948. The van der Waals surface area contributed by atoms with Gasteiger partial charge in [0, 0.05) is 42.9 Å². The second kappa shape index (κ2) is 10.8. The second-order valence-corrected chi connectivity index (χ2v) is 9.13. The summed E-state index contributed by atoms with van der Waals surface area (Å²) in [5.74, 6) is 0.687. The molecule has 2 fully saturated rings. The Hall–Kier alpha value is -2.93. The first-order chi connectivity index (χ1) is 16.1. The number of pyridine rings is 1. The number of nitrogens with two attached hydrogens (primary N) is 1. The van der Waals surface area contributed by atoms with Crippen LogP contribution in [0.2, 0.25) is 0 Å². The molecule has 2 saturated heterocycles. The largest absolute Gasteiger partial charge is 0.399 e. The van der Waals surface area contributed by atoms with Crippen LogP contribution in [0, 0.1) is 11.8 Å². The van der Waals surface area contributed by atoms with E-state index in [-0.39, 0.29) is 11.8 Å². The molecule has 2 N–H and O–H groups in total. The van der Waals surface area contributed by atoms with Gasteiger partial charge in [-0.25, -0.2) is 0 Å². The number of carbonyl (C=O) groups excluding carboxylic acids is 1. The predicted octanol–water partition coefficient (Wildman–Crippen LogP) is 3.73. The predicted molar refractivity (Wildman–Crippen MR) is 131 cm³/mol. The summed E-state index contributed by atoms with van der Waals surface area (Å²) >= 11 is 0. The van der Waals surface area contributed by atoms with Crippen LogP contribution >= 0.6 is 0 Å². The van der Waals surface area contributed by atoms with Crippen LogP contribution in [0.25, 0.3) is 0 Å². The first kappa shape index (κ1) is 23.2. The van der Waals surface area contributed by atoms with Gasteiger partial charge in [-0.2, -0.15) is 0 Å². The summed E-state index contributed by atoms with van der Waals surface area (Å²) < 4.78 is 0. The van der Waals surface area contributed by atoms with Crippen molar-refractivity contribution in [2.75, 3.05) is 39.0 Å². The standard InChI is InChI=1S/C26H35N5O2/c1-19(22-6-5-7-23(27)18-22)30-14-11-21(12-15-30)26(32)31-16-9-20(10-17-31)25(29-33-2)24-8-3-4-13-28-24/h3-8,13,18-21H,9-12,14-17,27H2,1-2H3/b29-25-/t19-/m0/s1. The number of oxime groups is 1. The molecule has 0 spiro atoms. The molecule has 4 rings (SSSR count). The van der Waals surface area contributed by atoms with E-state index < -0.39 is 0 Å². The number of amides is 1. The summed E-state index contributed by atoms with van der Waals surface area (Å²) in [5, 5.41) is 4.27. The van der Waals surface area contributed by atoms with Gasteiger partial charge in [0.05, 0.1) is 5.69 Å². The number of likely N-dealkylation sites (tertiary alicyclic amines) is 2. The highest BCUT2D eigenvalue weighted by molar-refractivity contribution is 6.00. The van der Waals surface area contributed by atoms with Crippen molar-refractivity contribution in [1.82, 2.24) is 14.8 Å². The first-order valence-electron chi connectivity index (χ1n) is 12.0. The number of piperidine rings is 2. The quantitative estimate of drug-likeness (QED) is 0.413. The normalized spacial score (nSPS) is 19.9. The number of benzene rings is 1. The van der Waals surface area contributed by atoms with Crippen molar-refractivity contribution < 1.29 is 9.63 Å². The minimum atomic E-state index is 0.119. The van der Waals surface area contributed by atoms with Crippen molar-refractivity contribution in [3.8, 4) is 0 Å². The van der Waals surface area contributed by atoms with E-state index in [9.17, 15) is 4.79 Å². The molecule has 1 aromatic carbocycles. The van der Waals surface area contributed by atoms with Crippen molar-refractivity contribution >= 4 is 17.3 Å². The topological polar surface area (TPSA) is 84.1 Å². The van der Waals surface area contributed by atoms with Gasteiger partial charge in [-0.05, 0) is 75.5 Å². The van der Waals surface area contributed by atoms with Crippen LogP contribution < -0.4 is 5.73 Å². The molecule has 0 unspecified atom stereocenters. The molecule has 2 aliphatic heterocycles. The molecule has 7 nitrogen and oxygen atoms in total. The molecular formula is C26H35N5O2. The Labute approximate surface area is 196 Å². The van der Waals surface area contributed by atoms with E-state index in [1.807, 2.05) is 30.3 Å². The van der Waals surface area contributed by atoms with Crippen LogP contribution in [0.4, 0.5) is 5.69 Å². The average molecular weight is 450 g/mol. The Balaban J connectivity index is 1.29. The first-order valence-corrected chi connectivity index (χ1v) is 12.0. The van der Waals surface area contributed by atoms with Crippen LogP contribution in [-0.4, -0.2) is 59.7 Å². The molecule has 1 aromatic heterocycles. The molecule has 0 aliphatic carbocycles. The molecular weight excluding hydrogens is 414 g/mol. The lowest BCUT2D eigenvalue weighted by atomic mass is 9.88. The Morgan fingerprint density at radius 1 is 1.06 bits per heavy atom. The summed E-state index contributed by atoms with van der Waals surface area (Å²) in [6.07, 6.45) is 5.37. The summed E-state index contributed by atoms with van der Waals surface area (Å²) in [5.41, 5.74) is 9.74. The molecule has 2 aliphatic rings. The van der Waals surface area contributed by atoms with Crippen LogP contribution in [0.15, 0.2) is 53.8 Å². The highest BCUT2D eigenvalue weighted by Crippen LogP contribution is 2.30. The maximum atomic E-state index is 13.2. The lowest BCUT2D eigenvalue weighted by Gasteiger charge is -2.39. The van der Waals surface area contributed by atoms with Crippen LogP contribution in [-0.2, 0) is 9.63 Å². The number of nitrogen functional groups attached to an aromatic ring is 1. The van der Waals surface area contributed by atoms with Crippen molar-refractivity contribution in [3.05, 3.63) is 59.9 Å². The van der Waals surface area contributed by atoms with Gasteiger partial charge in [0.15, 0.2) is 0 Å². The molecule has 7 heteroatoms. The third kappa shape index (κ3) is 5.53. The summed E-state index contributed by atoms with van der Waals surface area (Å²) in [4.78, 5) is 27.3. The van der Waals surface area contributed by atoms with Gasteiger partial charge in [-0.15, -0.1) is 0 Å². The number of hydrogen-bond donors (Lipinski definition) is 1. The SMILES string of the molecule is CO/N=C(\c1ccccn1)C1CCN(C(=O)C2CCN([C@@H](C)c3cccc(N)c3)CC2)CC1. The fourth-order valence-electron chi connectivity index (χ4n) is 5.14. The number of aromatic nitrogens is 1. The Morgan fingerprint density at radius 3 is 2.42 bits per heavy atom. The zero-order valence-electron chi connectivity index (χ0n) is 19.7. The molecule has 0 saturated carbocycles. The average Bonchev–Trinajstić information content (AvgIpc) is 2.87. The summed E-state index contributed by atoms with van der Waals surface area (Å²) in [6.45, 7) is 5.63. The van der Waals surface area contributed by atoms with E-state index in [0.717, 1.165) is 69.0 Å². The van der Waals surface area contributed by atoms with Gasteiger partial charge in [-0.3, -0.25) is 14.7 Å². The van der Waals surface area contributed by atoms with Gasteiger partial charge >= 0.3 is 0 Å². The molecule has 176 valence electrons. The smallest absolute Gasteiger partial charge is 0.225 e. The summed E-state index contributed by atoms with van der Waals surface area (Å²) in [7, 11) is 1.57. The van der Waals surface area contributed by atoms with Crippen molar-refractivity contribution in [2.24, 2.45) is 17.0 Å². The number of anilines is 1. The number of nitrogens with zero attached hydrogens (tertiary/aromatic N) is 4. The third-order valence-corrected chi connectivity index (χ3v) is 7.13. The zero-order valence-corrected chi connectivity index (χ0v) is 19.7. The highest BCUT2D eigenvalue weighted by Gasteiger charge is 2.33. The Morgan fingerprint density at radius 2 is 1.79 bits per heavy atom. The summed E-state index contributed by atoms with van der Waals surface area (Å²) in [6, 6.07) is 14.3. The van der Waals surface area contributed by atoms with Gasteiger partial charge < -0.3 is 15.5 Å². The molecule has 33 heavy (non-hydrogen) atoms. The number of rotatable bonds is 6. The molecule has 2 aromatic rings.